The number of carbonyl (C=O) groups excluding carboxylic acids is 2. The maximum Gasteiger partial charge on any atom is 0.417 e. The molecule has 0 saturated carbocycles. The van der Waals surface area contributed by atoms with Gasteiger partial charge in [-0.2, -0.15) is 13.2 Å². The molecule has 2 heterocycles. The van der Waals surface area contributed by atoms with Crippen molar-refractivity contribution in [1.29, 1.82) is 0 Å². The highest BCUT2D eigenvalue weighted by Gasteiger charge is 2.39. The van der Waals surface area contributed by atoms with Gasteiger partial charge in [-0.15, -0.1) is 0 Å². The summed E-state index contributed by atoms with van der Waals surface area (Å²) >= 11 is 6.20. The Morgan fingerprint density at radius 2 is 1.96 bits per heavy atom. The number of carbonyl (C=O) groups is 2. The SMILES string of the molecule is O=C1S/C(=C\C=C\c2ccco2)C(=O)N1c1ccc(Cl)c(C(F)(F)F)c1. The standard InChI is InChI=1S/C17H9ClF3NO3S/c18-13-7-6-10(9-12(13)17(19,20)21)22-15(23)14(26-16(22)24)5-1-3-11-4-2-8-25-11/h1-9H/b3-1+,14-5-. The van der Waals surface area contributed by atoms with Crippen molar-refractivity contribution in [3.63, 3.8) is 0 Å². The van der Waals surface area contributed by atoms with Gasteiger partial charge >= 0.3 is 6.18 Å². The van der Waals surface area contributed by atoms with Gasteiger partial charge in [-0.05, 0) is 54.2 Å². The van der Waals surface area contributed by atoms with Gasteiger partial charge in [0.15, 0.2) is 0 Å². The van der Waals surface area contributed by atoms with Crippen LogP contribution in [-0.4, -0.2) is 11.1 Å². The topological polar surface area (TPSA) is 50.5 Å². The summed E-state index contributed by atoms with van der Waals surface area (Å²) < 4.78 is 44.0. The lowest BCUT2D eigenvalue weighted by molar-refractivity contribution is -0.137. The number of thioether (sulfide) groups is 1. The van der Waals surface area contributed by atoms with Crippen LogP contribution in [0.4, 0.5) is 23.7 Å². The predicted octanol–water partition coefficient (Wildman–Crippen LogP) is 5.75. The lowest BCUT2D eigenvalue weighted by atomic mass is 10.1. The Balaban J connectivity index is 1.88. The number of halogens is 4. The predicted molar refractivity (Wildman–Crippen MR) is 92.8 cm³/mol. The monoisotopic (exact) mass is 399 g/mol. The van der Waals surface area contributed by atoms with Crippen LogP contribution in [0.3, 0.4) is 0 Å². The largest absolute Gasteiger partial charge is 0.465 e. The van der Waals surface area contributed by atoms with E-state index >= 15 is 0 Å². The van der Waals surface area contributed by atoms with Gasteiger partial charge in [-0.25, -0.2) is 4.90 Å². The molecule has 0 atom stereocenters. The van der Waals surface area contributed by atoms with Gasteiger partial charge in [-0.3, -0.25) is 9.59 Å². The van der Waals surface area contributed by atoms with Crippen LogP contribution in [0, 0.1) is 0 Å². The first-order valence-corrected chi connectivity index (χ1v) is 8.31. The Kier molecular flexibility index (Phi) is 4.97. The number of anilines is 1. The van der Waals surface area contributed by atoms with Gasteiger partial charge < -0.3 is 4.42 Å². The Morgan fingerprint density at radius 1 is 1.19 bits per heavy atom. The van der Waals surface area contributed by atoms with Crippen LogP contribution in [0.25, 0.3) is 6.08 Å². The third-order valence-electron chi connectivity index (χ3n) is 3.36. The number of hydrogen-bond donors (Lipinski definition) is 0. The number of nitrogens with zero attached hydrogens (tertiary/aromatic N) is 1. The van der Waals surface area contributed by atoms with Crippen LogP contribution in [0.5, 0.6) is 0 Å². The van der Waals surface area contributed by atoms with E-state index in [0.717, 1.165) is 6.07 Å². The molecule has 134 valence electrons. The van der Waals surface area contributed by atoms with Gasteiger partial charge in [-0.1, -0.05) is 17.7 Å². The minimum Gasteiger partial charge on any atom is -0.465 e. The number of benzene rings is 1. The van der Waals surface area contributed by atoms with Gasteiger partial charge in [0.05, 0.1) is 27.4 Å². The molecule has 0 spiro atoms. The zero-order valence-electron chi connectivity index (χ0n) is 12.8. The lowest BCUT2D eigenvalue weighted by Gasteiger charge is -2.16. The maximum absolute atomic E-state index is 13.0. The van der Waals surface area contributed by atoms with Crippen molar-refractivity contribution in [1.82, 2.24) is 0 Å². The molecule has 9 heteroatoms. The van der Waals surface area contributed by atoms with Crippen LogP contribution in [-0.2, 0) is 11.0 Å². The molecule has 26 heavy (non-hydrogen) atoms. The molecule has 1 aliphatic heterocycles. The molecule has 0 N–H and O–H groups in total. The molecule has 1 aliphatic rings. The Hall–Kier alpha value is -2.45. The van der Waals surface area contributed by atoms with Crippen molar-refractivity contribution in [3.05, 3.63) is 70.0 Å². The Bertz CT molecular complexity index is 920. The van der Waals surface area contributed by atoms with Crippen molar-refractivity contribution >= 4 is 46.3 Å². The quantitative estimate of drug-likeness (QED) is 0.617. The summed E-state index contributed by atoms with van der Waals surface area (Å²) in [6.45, 7) is 0. The zero-order valence-corrected chi connectivity index (χ0v) is 14.4. The summed E-state index contributed by atoms with van der Waals surface area (Å²) in [5.74, 6) is -0.160. The van der Waals surface area contributed by atoms with E-state index in [1.54, 1.807) is 18.2 Å². The van der Waals surface area contributed by atoms with E-state index in [9.17, 15) is 22.8 Å². The normalized spacial score (nSPS) is 17.1. The number of furan rings is 1. The molecule has 1 saturated heterocycles. The molecule has 0 unspecified atom stereocenters. The van der Waals surface area contributed by atoms with Crippen molar-refractivity contribution in [2.45, 2.75) is 6.18 Å². The van der Waals surface area contributed by atoms with E-state index in [4.69, 9.17) is 16.0 Å². The molecule has 1 fully saturated rings. The minimum absolute atomic E-state index is 0.0846. The number of alkyl halides is 3. The van der Waals surface area contributed by atoms with Crippen LogP contribution >= 0.6 is 23.4 Å². The van der Waals surface area contributed by atoms with E-state index in [1.165, 1.54) is 24.5 Å². The number of hydrogen-bond acceptors (Lipinski definition) is 4. The fourth-order valence-electron chi connectivity index (χ4n) is 2.19. The molecule has 1 aromatic heterocycles. The molecular formula is C17H9ClF3NO3S. The molecule has 1 aromatic carbocycles. The summed E-state index contributed by atoms with van der Waals surface area (Å²) in [6.07, 6.45) is 1.27. The van der Waals surface area contributed by atoms with Crippen molar-refractivity contribution < 1.29 is 27.2 Å². The summed E-state index contributed by atoms with van der Waals surface area (Å²) in [7, 11) is 0. The van der Waals surface area contributed by atoms with Gasteiger partial charge in [0.2, 0.25) is 0 Å². The number of rotatable bonds is 3. The molecule has 4 nitrogen and oxygen atoms in total. The van der Waals surface area contributed by atoms with E-state index in [2.05, 4.69) is 0 Å². The van der Waals surface area contributed by atoms with E-state index < -0.39 is 27.9 Å². The second kappa shape index (κ2) is 7.05. The maximum atomic E-state index is 13.0. The third kappa shape index (κ3) is 3.71. The fourth-order valence-corrected chi connectivity index (χ4v) is 3.21. The number of imide groups is 1. The summed E-state index contributed by atoms with van der Waals surface area (Å²) in [4.78, 5) is 25.3. The second-order valence-corrected chi connectivity index (χ2v) is 6.48. The van der Waals surface area contributed by atoms with Crippen molar-refractivity contribution in [3.8, 4) is 0 Å². The van der Waals surface area contributed by atoms with Gasteiger partial charge in [0.25, 0.3) is 11.1 Å². The summed E-state index contributed by atoms with van der Waals surface area (Å²) in [5, 5.41) is -1.20. The smallest absolute Gasteiger partial charge is 0.417 e. The van der Waals surface area contributed by atoms with Crippen LogP contribution in [0.15, 0.2) is 58.1 Å². The average Bonchev–Trinajstić information content (AvgIpc) is 3.16. The first kappa shape index (κ1) is 18.3. The van der Waals surface area contributed by atoms with E-state index in [1.807, 2.05) is 0 Å². The molecular weight excluding hydrogens is 391 g/mol. The highest BCUT2D eigenvalue weighted by molar-refractivity contribution is 8.18. The third-order valence-corrected chi connectivity index (χ3v) is 4.58. The van der Waals surface area contributed by atoms with Crippen molar-refractivity contribution in [2.75, 3.05) is 4.90 Å². The molecule has 2 amide bonds. The number of amides is 2. The first-order chi connectivity index (χ1) is 12.3. The van der Waals surface area contributed by atoms with E-state index in [-0.39, 0.29) is 10.6 Å². The van der Waals surface area contributed by atoms with E-state index in [0.29, 0.717) is 28.5 Å². The Labute approximate surface area is 154 Å². The average molecular weight is 400 g/mol. The molecule has 0 aliphatic carbocycles. The van der Waals surface area contributed by atoms with Gasteiger partial charge in [0, 0.05) is 0 Å². The summed E-state index contributed by atoms with van der Waals surface area (Å²) in [5.41, 5.74) is -1.31. The van der Waals surface area contributed by atoms with Gasteiger partial charge in [0.1, 0.15) is 5.76 Å². The van der Waals surface area contributed by atoms with Crippen LogP contribution < -0.4 is 4.90 Å². The molecule has 3 rings (SSSR count). The molecule has 2 aromatic rings. The summed E-state index contributed by atoms with van der Waals surface area (Å²) in [6, 6.07) is 6.26. The van der Waals surface area contributed by atoms with Crippen LogP contribution in [0.1, 0.15) is 11.3 Å². The van der Waals surface area contributed by atoms with Crippen molar-refractivity contribution in [2.24, 2.45) is 0 Å². The minimum atomic E-state index is -4.70. The lowest BCUT2D eigenvalue weighted by Crippen LogP contribution is -2.28. The fraction of sp³-hybridized carbons (Fsp3) is 0.0588. The Morgan fingerprint density at radius 3 is 2.62 bits per heavy atom. The second-order valence-electron chi connectivity index (χ2n) is 5.08. The highest BCUT2D eigenvalue weighted by Crippen LogP contribution is 2.40. The first-order valence-electron chi connectivity index (χ1n) is 7.12. The molecule has 0 radical (unpaired) electrons. The molecule has 0 bridgehead atoms. The highest BCUT2D eigenvalue weighted by atomic mass is 35.5. The number of allylic oxidation sites excluding steroid dienone is 2. The zero-order chi connectivity index (χ0) is 18.9. The van der Waals surface area contributed by atoms with Crippen LogP contribution in [0.2, 0.25) is 5.02 Å².